The lowest BCUT2D eigenvalue weighted by molar-refractivity contribution is 0.412. The number of rotatable bonds is 5. The molecule has 0 saturated carbocycles. The zero-order valence-corrected chi connectivity index (χ0v) is 12.2. The third-order valence-electron chi connectivity index (χ3n) is 2.58. The molecule has 2 rings (SSSR count). The van der Waals surface area contributed by atoms with Crippen molar-refractivity contribution in [2.45, 2.75) is 12.5 Å². The molecule has 3 N–H and O–H groups in total. The quantitative estimate of drug-likeness (QED) is 0.649. The van der Waals surface area contributed by atoms with Gasteiger partial charge >= 0.3 is 0 Å². The highest BCUT2D eigenvalue weighted by atomic mass is 79.9. The van der Waals surface area contributed by atoms with Crippen LogP contribution in [-0.4, -0.2) is 16.7 Å². The average Bonchev–Trinajstić information content (AvgIpc) is 2.90. The molecule has 0 bridgehead atoms. The number of nitrogens with one attached hydrogen (secondary N) is 1. The maximum Gasteiger partial charge on any atom is 0.133 e. The summed E-state index contributed by atoms with van der Waals surface area (Å²) in [7, 11) is 1.65. The average molecular weight is 329 g/mol. The molecule has 0 fully saturated rings. The van der Waals surface area contributed by atoms with E-state index in [-0.39, 0.29) is 6.04 Å². The second-order valence-corrected chi connectivity index (χ2v) is 5.38. The summed E-state index contributed by atoms with van der Waals surface area (Å²) >= 11 is 4.82. The minimum absolute atomic E-state index is 0.0188. The molecule has 2 aromatic rings. The third-order valence-corrected chi connectivity index (χ3v) is 3.98. The Bertz CT molecular complexity index is 506. The molecule has 0 radical (unpaired) electrons. The van der Waals surface area contributed by atoms with E-state index in [1.807, 2.05) is 18.2 Å². The number of hydrogen-bond donors (Lipinski definition) is 2. The molecule has 1 heterocycles. The molecular weight excluding hydrogens is 316 g/mol. The summed E-state index contributed by atoms with van der Waals surface area (Å²) in [5.41, 5.74) is 3.94. The Morgan fingerprint density at radius 3 is 2.94 bits per heavy atom. The number of aromatic nitrogens is 2. The number of hydrazine groups is 1. The van der Waals surface area contributed by atoms with Gasteiger partial charge in [-0.05, 0) is 51.6 Å². The van der Waals surface area contributed by atoms with Crippen molar-refractivity contribution in [3.63, 3.8) is 0 Å². The minimum atomic E-state index is 0.0188. The first-order valence-electron chi connectivity index (χ1n) is 5.30. The smallest absolute Gasteiger partial charge is 0.133 e. The second kappa shape index (κ2) is 6.24. The zero-order chi connectivity index (χ0) is 13.0. The molecule has 0 aliphatic heterocycles. The molecule has 0 spiro atoms. The molecule has 96 valence electrons. The van der Waals surface area contributed by atoms with Crippen LogP contribution < -0.4 is 16.0 Å². The summed E-state index contributed by atoms with van der Waals surface area (Å²) in [4.78, 5) is 1.02. The van der Waals surface area contributed by atoms with Gasteiger partial charge in [-0.25, -0.2) is 0 Å². The lowest BCUT2D eigenvalue weighted by Gasteiger charge is -2.14. The van der Waals surface area contributed by atoms with Crippen LogP contribution in [0.15, 0.2) is 28.9 Å². The van der Waals surface area contributed by atoms with Crippen LogP contribution >= 0.6 is 27.5 Å². The van der Waals surface area contributed by atoms with Crippen molar-refractivity contribution in [2.24, 2.45) is 5.84 Å². The number of ether oxygens (including phenoxy) is 1. The number of benzene rings is 1. The largest absolute Gasteiger partial charge is 0.496 e. The van der Waals surface area contributed by atoms with E-state index in [2.05, 4.69) is 30.9 Å². The van der Waals surface area contributed by atoms with Crippen molar-refractivity contribution in [2.75, 3.05) is 7.11 Å². The van der Waals surface area contributed by atoms with E-state index in [4.69, 9.17) is 10.6 Å². The van der Waals surface area contributed by atoms with Crippen molar-refractivity contribution in [1.29, 1.82) is 0 Å². The van der Waals surface area contributed by atoms with Gasteiger partial charge in [0.25, 0.3) is 0 Å². The number of nitrogens with zero attached hydrogens (tertiary/aromatic N) is 2. The molecular formula is C11H13BrN4OS. The van der Waals surface area contributed by atoms with E-state index in [0.717, 1.165) is 27.1 Å². The fourth-order valence-corrected chi connectivity index (χ4v) is 2.79. The van der Waals surface area contributed by atoms with Gasteiger partial charge in [0, 0.05) is 0 Å². The summed E-state index contributed by atoms with van der Waals surface area (Å²) in [6, 6.07) is 5.99. The van der Waals surface area contributed by atoms with Gasteiger partial charge < -0.3 is 4.74 Å². The van der Waals surface area contributed by atoms with Gasteiger partial charge in [-0.3, -0.25) is 11.3 Å². The lowest BCUT2D eigenvalue weighted by atomic mass is 10.1. The Morgan fingerprint density at radius 2 is 2.39 bits per heavy atom. The second-order valence-electron chi connectivity index (χ2n) is 3.71. The predicted octanol–water partition coefficient (Wildman–Crippen LogP) is 2.06. The van der Waals surface area contributed by atoms with E-state index < -0.39 is 0 Å². The Labute approximate surface area is 118 Å². The van der Waals surface area contributed by atoms with Crippen LogP contribution in [0, 0.1) is 0 Å². The van der Waals surface area contributed by atoms with E-state index in [1.54, 1.807) is 13.3 Å². The van der Waals surface area contributed by atoms with Crippen LogP contribution in [0.2, 0.25) is 0 Å². The van der Waals surface area contributed by atoms with E-state index in [9.17, 15) is 0 Å². The highest BCUT2D eigenvalue weighted by Crippen LogP contribution is 2.28. The minimum Gasteiger partial charge on any atom is -0.496 e. The number of nitrogens with two attached hydrogens (primary N) is 1. The van der Waals surface area contributed by atoms with Gasteiger partial charge in [0.15, 0.2) is 0 Å². The molecule has 18 heavy (non-hydrogen) atoms. The SMILES string of the molecule is COc1ccc(CC(NN)c2cnns2)cc1Br. The lowest BCUT2D eigenvalue weighted by Crippen LogP contribution is -2.28. The first-order valence-corrected chi connectivity index (χ1v) is 6.87. The summed E-state index contributed by atoms with van der Waals surface area (Å²) < 4.78 is 9.97. The van der Waals surface area contributed by atoms with Crippen LogP contribution in [0.3, 0.4) is 0 Å². The van der Waals surface area contributed by atoms with Crippen LogP contribution in [0.25, 0.3) is 0 Å². The topological polar surface area (TPSA) is 73.1 Å². The van der Waals surface area contributed by atoms with Crippen molar-refractivity contribution in [1.82, 2.24) is 15.0 Å². The summed E-state index contributed by atoms with van der Waals surface area (Å²) in [5, 5.41) is 3.82. The van der Waals surface area contributed by atoms with E-state index in [1.165, 1.54) is 11.5 Å². The van der Waals surface area contributed by atoms with Crippen molar-refractivity contribution < 1.29 is 4.74 Å². The molecule has 1 aromatic carbocycles. The fourth-order valence-electron chi connectivity index (χ4n) is 1.64. The molecule has 0 aliphatic carbocycles. The molecule has 1 aromatic heterocycles. The standard InChI is InChI=1S/C11H13BrN4OS/c1-17-10-3-2-7(4-8(10)12)5-9(15-13)11-6-14-16-18-11/h2-4,6,9,15H,5,13H2,1H3. The van der Waals surface area contributed by atoms with Gasteiger partial charge in [-0.2, -0.15) is 0 Å². The zero-order valence-electron chi connectivity index (χ0n) is 9.76. The maximum atomic E-state index is 5.57. The first-order chi connectivity index (χ1) is 8.74. The molecule has 0 saturated heterocycles. The monoisotopic (exact) mass is 328 g/mol. The Kier molecular flexibility index (Phi) is 4.65. The van der Waals surface area contributed by atoms with Crippen LogP contribution in [0.5, 0.6) is 5.75 Å². The number of methoxy groups -OCH3 is 1. The van der Waals surface area contributed by atoms with Gasteiger partial charge in [0.2, 0.25) is 0 Å². The van der Waals surface area contributed by atoms with Crippen LogP contribution in [0.1, 0.15) is 16.5 Å². The third kappa shape index (κ3) is 3.05. The fraction of sp³-hybridized carbons (Fsp3) is 0.273. The molecule has 1 atom stereocenters. The summed E-state index contributed by atoms with van der Waals surface area (Å²) in [6.07, 6.45) is 2.50. The van der Waals surface area contributed by atoms with E-state index >= 15 is 0 Å². The van der Waals surface area contributed by atoms with Gasteiger partial charge in [-0.1, -0.05) is 10.6 Å². The highest BCUT2D eigenvalue weighted by Gasteiger charge is 2.13. The molecule has 7 heteroatoms. The molecule has 1 unspecified atom stereocenters. The normalized spacial score (nSPS) is 12.4. The van der Waals surface area contributed by atoms with Crippen LogP contribution in [0.4, 0.5) is 0 Å². The van der Waals surface area contributed by atoms with Gasteiger partial charge in [0.1, 0.15) is 5.75 Å². The Hall–Kier alpha value is -1.02. The number of halogens is 1. The van der Waals surface area contributed by atoms with Crippen LogP contribution in [-0.2, 0) is 6.42 Å². The maximum absolute atomic E-state index is 5.57. The van der Waals surface area contributed by atoms with Crippen molar-refractivity contribution >= 4 is 27.5 Å². The number of hydrogen-bond acceptors (Lipinski definition) is 6. The highest BCUT2D eigenvalue weighted by molar-refractivity contribution is 9.10. The Morgan fingerprint density at radius 1 is 1.56 bits per heavy atom. The van der Waals surface area contributed by atoms with Gasteiger partial charge in [-0.15, -0.1) is 5.10 Å². The van der Waals surface area contributed by atoms with Gasteiger partial charge in [0.05, 0.1) is 28.7 Å². The molecule has 0 aliphatic rings. The Balaban J connectivity index is 2.15. The molecule has 0 amide bonds. The van der Waals surface area contributed by atoms with Crippen molar-refractivity contribution in [3.05, 3.63) is 39.3 Å². The predicted molar refractivity (Wildman–Crippen MR) is 74.4 cm³/mol. The molecule has 5 nitrogen and oxygen atoms in total. The summed E-state index contributed by atoms with van der Waals surface area (Å²) in [5.74, 6) is 6.39. The first kappa shape index (κ1) is 13.4. The van der Waals surface area contributed by atoms with Crippen molar-refractivity contribution in [3.8, 4) is 5.75 Å². The van der Waals surface area contributed by atoms with E-state index in [0.29, 0.717) is 0 Å². The summed E-state index contributed by atoms with van der Waals surface area (Å²) in [6.45, 7) is 0.